The molecule has 0 radical (unpaired) electrons. The van der Waals surface area contributed by atoms with Gasteiger partial charge in [0, 0.05) is 12.1 Å². The van der Waals surface area contributed by atoms with Crippen LogP contribution >= 0.6 is 0 Å². The summed E-state index contributed by atoms with van der Waals surface area (Å²) in [6.07, 6.45) is 7.19. The third-order valence-corrected chi connectivity index (χ3v) is 2.52. The van der Waals surface area contributed by atoms with Gasteiger partial charge in [0.2, 0.25) is 0 Å². The molecule has 0 amide bonds. The normalized spacial score (nSPS) is 11.5. The second-order valence-electron chi connectivity index (χ2n) is 3.78. The van der Waals surface area contributed by atoms with Gasteiger partial charge in [-0.1, -0.05) is 31.4 Å². The summed E-state index contributed by atoms with van der Waals surface area (Å²) in [4.78, 5) is 0. The van der Waals surface area contributed by atoms with E-state index >= 15 is 0 Å². The molecule has 1 aromatic rings. The van der Waals surface area contributed by atoms with Gasteiger partial charge in [-0.3, -0.25) is 5.32 Å². The zero-order chi connectivity index (χ0) is 12.7. The molecule has 0 aliphatic rings. The molecule has 0 saturated heterocycles. The number of rotatable bonds is 5. The van der Waals surface area contributed by atoms with Crippen molar-refractivity contribution in [3.05, 3.63) is 35.1 Å². The molecule has 1 N–H and O–H groups in total. The van der Waals surface area contributed by atoms with Gasteiger partial charge in [0.05, 0.1) is 11.6 Å². The Balaban J connectivity index is 2.70. The fraction of sp³-hybridized carbons (Fsp3) is 0.357. The topological polar surface area (TPSA) is 35.8 Å². The van der Waals surface area contributed by atoms with E-state index in [-0.39, 0.29) is 11.6 Å². The van der Waals surface area contributed by atoms with Crippen molar-refractivity contribution in [2.75, 3.05) is 0 Å². The molecular weight excluding hydrogens is 215 g/mol. The van der Waals surface area contributed by atoms with Gasteiger partial charge in [-0.15, -0.1) is 6.42 Å². The SMILES string of the molecule is C#CC(CCC)NCc1cccc(C#N)c1F. The van der Waals surface area contributed by atoms with Gasteiger partial charge in [0.25, 0.3) is 0 Å². The van der Waals surface area contributed by atoms with Crippen LogP contribution in [0.1, 0.15) is 30.9 Å². The van der Waals surface area contributed by atoms with Crippen LogP contribution < -0.4 is 5.32 Å². The van der Waals surface area contributed by atoms with Crippen molar-refractivity contribution in [3.63, 3.8) is 0 Å². The van der Waals surface area contributed by atoms with Crippen molar-refractivity contribution in [1.29, 1.82) is 5.26 Å². The third kappa shape index (κ3) is 3.59. The Kier molecular flexibility index (Phi) is 5.20. The van der Waals surface area contributed by atoms with E-state index in [1.54, 1.807) is 12.1 Å². The zero-order valence-corrected chi connectivity index (χ0v) is 9.83. The van der Waals surface area contributed by atoms with Crippen LogP contribution in [0.25, 0.3) is 0 Å². The third-order valence-electron chi connectivity index (χ3n) is 2.52. The number of nitrogens with one attached hydrogen (secondary N) is 1. The zero-order valence-electron chi connectivity index (χ0n) is 9.83. The lowest BCUT2D eigenvalue weighted by Gasteiger charge is -2.12. The van der Waals surface area contributed by atoms with E-state index in [1.807, 2.05) is 13.0 Å². The van der Waals surface area contributed by atoms with E-state index in [1.165, 1.54) is 6.07 Å². The molecule has 1 aromatic carbocycles. The monoisotopic (exact) mass is 230 g/mol. The van der Waals surface area contributed by atoms with Crippen LogP contribution in [0.4, 0.5) is 4.39 Å². The largest absolute Gasteiger partial charge is 0.299 e. The summed E-state index contributed by atoms with van der Waals surface area (Å²) in [6, 6.07) is 6.56. The van der Waals surface area contributed by atoms with Crippen LogP contribution in [-0.4, -0.2) is 6.04 Å². The number of terminal acetylenes is 1. The van der Waals surface area contributed by atoms with E-state index in [2.05, 4.69) is 11.2 Å². The van der Waals surface area contributed by atoms with Crippen molar-refractivity contribution >= 4 is 0 Å². The fourth-order valence-electron chi connectivity index (χ4n) is 1.57. The van der Waals surface area contributed by atoms with E-state index in [0.717, 1.165) is 12.8 Å². The maximum Gasteiger partial charge on any atom is 0.145 e. The van der Waals surface area contributed by atoms with Crippen LogP contribution in [0.2, 0.25) is 0 Å². The lowest BCUT2D eigenvalue weighted by Crippen LogP contribution is -2.27. The van der Waals surface area contributed by atoms with Gasteiger partial charge in [-0.25, -0.2) is 4.39 Å². The van der Waals surface area contributed by atoms with Crippen molar-refractivity contribution in [2.24, 2.45) is 0 Å². The average Bonchev–Trinajstić information content (AvgIpc) is 2.36. The van der Waals surface area contributed by atoms with E-state index in [4.69, 9.17) is 11.7 Å². The second-order valence-corrected chi connectivity index (χ2v) is 3.78. The molecule has 0 heterocycles. The Morgan fingerprint density at radius 2 is 2.29 bits per heavy atom. The molecule has 0 aliphatic carbocycles. The highest BCUT2D eigenvalue weighted by molar-refractivity contribution is 5.34. The molecule has 0 aliphatic heterocycles. The van der Waals surface area contributed by atoms with E-state index in [9.17, 15) is 4.39 Å². The molecule has 3 heteroatoms. The molecule has 0 fully saturated rings. The molecule has 0 spiro atoms. The minimum atomic E-state index is -0.463. The summed E-state index contributed by atoms with van der Waals surface area (Å²) < 4.78 is 13.7. The number of halogens is 1. The first-order valence-corrected chi connectivity index (χ1v) is 5.60. The molecule has 17 heavy (non-hydrogen) atoms. The second kappa shape index (κ2) is 6.68. The lowest BCUT2D eigenvalue weighted by atomic mass is 10.1. The number of nitriles is 1. The highest BCUT2D eigenvalue weighted by Gasteiger charge is 2.09. The first-order chi connectivity index (χ1) is 8.22. The average molecular weight is 230 g/mol. The molecular formula is C14H15FN2. The molecule has 0 aromatic heterocycles. The molecule has 1 unspecified atom stereocenters. The van der Waals surface area contributed by atoms with Crippen molar-refractivity contribution in [1.82, 2.24) is 5.32 Å². The summed E-state index contributed by atoms with van der Waals surface area (Å²) >= 11 is 0. The first kappa shape index (κ1) is 13.2. The Morgan fingerprint density at radius 1 is 1.53 bits per heavy atom. The summed E-state index contributed by atoms with van der Waals surface area (Å²) in [5.74, 6) is 2.16. The quantitative estimate of drug-likeness (QED) is 0.789. The lowest BCUT2D eigenvalue weighted by molar-refractivity contribution is 0.538. The summed E-state index contributed by atoms with van der Waals surface area (Å²) in [5, 5.41) is 11.8. The van der Waals surface area contributed by atoms with Gasteiger partial charge >= 0.3 is 0 Å². The molecule has 2 nitrogen and oxygen atoms in total. The van der Waals surface area contributed by atoms with Gasteiger partial charge < -0.3 is 0 Å². The molecule has 0 bridgehead atoms. The minimum absolute atomic E-state index is 0.0508. The fourth-order valence-corrected chi connectivity index (χ4v) is 1.57. The highest BCUT2D eigenvalue weighted by atomic mass is 19.1. The maximum atomic E-state index is 13.7. The summed E-state index contributed by atoms with van der Waals surface area (Å²) in [6.45, 7) is 2.39. The summed E-state index contributed by atoms with van der Waals surface area (Å²) in [5.41, 5.74) is 0.539. The minimum Gasteiger partial charge on any atom is -0.299 e. The number of hydrogen-bond donors (Lipinski definition) is 1. The van der Waals surface area contributed by atoms with E-state index < -0.39 is 5.82 Å². The highest BCUT2D eigenvalue weighted by Crippen LogP contribution is 2.12. The first-order valence-electron chi connectivity index (χ1n) is 5.60. The summed E-state index contributed by atoms with van der Waals surface area (Å²) in [7, 11) is 0. The van der Waals surface area contributed by atoms with Crippen LogP contribution in [0.5, 0.6) is 0 Å². The van der Waals surface area contributed by atoms with Crippen LogP contribution in [0, 0.1) is 29.5 Å². The molecule has 88 valence electrons. The number of nitrogens with zero attached hydrogens (tertiary/aromatic N) is 1. The Labute approximate surface area is 101 Å². The van der Waals surface area contributed by atoms with Crippen molar-refractivity contribution < 1.29 is 4.39 Å². The van der Waals surface area contributed by atoms with Crippen LogP contribution in [0.3, 0.4) is 0 Å². The van der Waals surface area contributed by atoms with Gasteiger partial charge in [0.15, 0.2) is 0 Å². The number of benzene rings is 1. The molecule has 0 saturated carbocycles. The number of hydrogen-bond acceptors (Lipinski definition) is 2. The van der Waals surface area contributed by atoms with Gasteiger partial charge in [0.1, 0.15) is 11.9 Å². The van der Waals surface area contributed by atoms with Gasteiger partial charge in [-0.2, -0.15) is 5.26 Å². The van der Waals surface area contributed by atoms with E-state index in [0.29, 0.717) is 12.1 Å². The van der Waals surface area contributed by atoms with Crippen LogP contribution in [-0.2, 0) is 6.54 Å². The standard InChI is InChI=1S/C14H15FN2/c1-3-6-13(4-2)17-10-12-8-5-7-11(9-16)14(12)15/h2,5,7-8,13,17H,3,6,10H2,1H3. The Morgan fingerprint density at radius 3 is 2.88 bits per heavy atom. The van der Waals surface area contributed by atoms with Gasteiger partial charge in [-0.05, 0) is 12.5 Å². The molecule has 1 rings (SSSR count). The smallest absolute Gasteiger partial charge is 0.145 e. The predicted molar refractivity (Wildman–Crippen MR) is 65.5 cm³/mol. The maximum absolute atomic E-state index is 13.7. The molecule has 1 atom stereocenters. The predicted octanol–water partition coefficient (Wildman–Crippen LogP) is 2.59. The Bertz CT molecular complexity index is 454. The van der Waals surface area contributed by atoms with Crippen molar-refractivity contribution in [3.8, 4) is 18.4 Å². The van der Waals surface area contributed by atoms with Crippen LogP contribution in [0.15, 0.2) is 18.2 Å². The Hall–Kier alpha value is -1.84. The van der Waals surface area contributed by atoms with Crippen molar-refractivity contribution in [2.45, 2.75) is 32.4 Å².